The van der Waals surface area contributed by atoms with Crippen molar-refractivity contribution in [3.05, 3.63) is 54.1 Å². The van der Waals surface area contributed by atoms with Crippen molar-refractivity contribution in [2.75, 3.05) is 20.2 Å². The molecule has 1 aromatic heterocycles. The number of carbonyl (C=O) groups is 1. The second-order valence-electron chi connectivity index (χ2n) is 5.36. The molecule has 0 atom stereocenters. The standard InChI is InChI=1S/C17H20FN3O4S/c1-3-21(12-17(22)20-11-13-5-4-8-19-10-13)26(23,24)16-9-14(18)6-7-15(16)25-2/h4-10H,3,11-12H2,1-2H3,(H,20,22). The SMILES string of the molecule is CCN(CC(=O)NCc1cccnc1)S(=O)(=O)c1cc(F)ccc1OC. The lowest BCUT2D eigenvalue weighted by atomic mass is 10.3. The molecule has 0 aliphatic carbocycles. The summed E-state index contributed by atoms with van der Waals surface area (Å²) in [5.74, 6) is -1.17. The number of likely N-dealkylation sites (N-methyl/N-ethyl adjacent to an activating group) is 1. The summed E-state index contributed by atoms with van der Waals surface area (Å²) in [6.07, 6.45) is 3.22. The van der Waals surface area contributed by atoms with Gasteiger partial charge in [-0.3, -0.25) is 9.78 Å². The zero-order chi connectivity index (χ0) is 19.2. The molecule has 2 rings (SSSR count). The number of carbonyl (C=O) groups excluding carboxylic acids is 1. The average Bonchev–Trinajstić information content (AvgIpc) is 2.65. The molecule has 0 unspecified atom stereocenters. The quantitative estimate of drug-likeness (QED) is 0.750. The predicted molar refractivity (Wildman–Crippen MR) is 93.5 cm³/mol. The largest absolute Gasteiger partial charge is 0.495 e. The van der Waals surface area contributed by atoms with E-state index in [9.17, 15) is 17.6 Å². The van der Waals surface area contributed by atoms with Crippen LogP contribution in [0, 0.1) is 5.82 Å². The number of methoxy groups -OCH3 is 1. The molecule has 140 valence electrons. The van der Waals surface area contributed by atoms with Gasteiger partial charge in [0.2, 0.25) is 15.9 Å². The van der Waals surface area contributed by atoms with Gasteiger partial charge in [0, 0.05) is 25.5 Å². The minimum atomic E-state index is -4.10. The number of ether oxygens (including phenoxy) is 1. The van der Waals surface area contributed by atoms with E-state index in [2.05, 4.69) is 10.3 Å². The van der Waals surface area contributed by atoms with E-state index in [4.69, 9.17) is 4.74 Å². The number of pyridine rings is 1. The summed E-state index contributed by atoms with van der Waals surface area (Å²) in [7, 11) is -2.80. The summed E-state index contributed by atoms with van der Waals surface area (Å²) in [5, 5.41) is 2.64. The lowest BCUT2D eigenvalue weighted by molar-refractivity contribution is -0.121. The summed E-state index contributed by atoms with van der Waals surface area (Å²) < 4.78 is 45.1. The van der Waals surface area contributed by atoms with Crippen molar-refractivity contribution in [1.82, 2.24) is 14.6 Å². The van der Waals surface area contributed by atoms with Crippen LogP contribution < -0.4 is 10.1 Å². The topological polar surface area (TPSA) is 88.6 Å². The number of nitrogens with zero attached hydrogens (tertiary/aromatic N) is 2. The van der Waals surface area contributed by atoms with E-state index in [1.165, 1.54) is 13.2 Å². The van der Waals surface area contributed by atoms with Crippen LogP contribution in [0.1, 0.15) is 12.5 Å². The maximum absolute atomic E-state index is 13.5. The molecular formula is C17H20FN3O4S. The van der Waals surface area contributed by atoms with Crippen LogP contribution in [-0.2, 0) is 21.4 Å². The van der Waals surface area contributed by atoms with Crippen LogP contribution in [0.15, 0.2) is 47.6 Å². The van der Waals surface area contributed by atoms with Crippen LogP contribution in [-0.4, -0.2) is 43.8 Å². The molecule has 1 heterocycles. The molecule has 7 nitrogen and oxygen atoms in total. The van der Waals surface area contributed by atoms with E-state index in [0.717, 1.165) is 22.0 Å². The number of benzene rings is 1. The van der Waals surface area contributed by atoms with Crippen LogP contribution in [0.3, 0.4) is 0 Å². The molecule has 2 aromatic rings. The van der Waals surface area contributed by atoms with Crippen molar-refractivity contribution in [3.63, 3.8) is 0 Å². The van der Waals surface area contributed by atoms with Gasteiger partial charge in [-0.2, -0.15) is 4.31 Å². The minimum Gasteiger partial charge on any atom is -0.495 e. The molecule has 0 radical (unpaired) electrons. The smallest absolute Gasteiger partial charge is 0.247 e. The lowest BCUT2D eigenvalue weighted by Gasteiger charge is -2.21. The van der Waals surface area contributed by atoms with Gasteiger partial charge in [-0.1, -0.05) is 13.0 Å². The van der Waals surface area contributed by atoms with E-state index in [-0.39, 0.29) is 23.7 Å². The van der Waals surface area contributed by atoms with Gasteiger partial charge >= 0.3 is 0 Å². The highest BCUT2D eigenvalue weighted by Crippen LogP contribution is 2.27. The fourth-order valence-corrected chi connectivity index (χ4v) is 3.85. The third-order valence-corrected chi connectivity index (χ3v) is 5.57. The van der Waals surface area contributed by atoms with Crippen molar-refractivity contribution < 1.29 is 22.3 Å². The summed E-state index contributed by atoms with van der Waals surface area (Å²) in [6.45, 7) is 1.48. The second-order valence-corrected chi connectivity index (χ2v) is 7.27. The van der Waals surface area contributed by atoms with E-state index in [0.29, 0.717) is 0 Å². The highest BCUT2D eigenvalue weighted by molar-refractivity contribution is 7.89. The maximum atomic E-state index is 13.5. The Bertz CT molecular complexity index is 860. The Hall–Kier alpha value is -2.52. The average molecular weight is 381 g/mol. The Morgan fingerprint density at radius 3 is 2.73 bits per heavy atom. The molecule has 0 aliphatic rings. The molecule has 1 amide bonds. The van der Waals surface area contributed by atoms with Crippen LogP contribution in [0.2, 0.25) is 0 Å². The zero-order valence-electron chi connectivity index (χ0n) is 14.5. The monoisotopic (exact) mass is 381 g/mol. The van der Waals surface area contributed by atoms with E-state index in [1.54, 1.807) is 31.5 Å². The highest BCUT2D eigenvalue weighted by atomic mass is 32.2. The molecular weight excluding hydrogens is 361 g/mol. The van der Waals surface area contributed by atoms with E-state index >= 15 is 0 Å². The molecule has 1 N–H and O–H groups in total. The van der Waals surface area contributed by atoms with Gasteiger partial charge in [-0.15, -0.1) is 0 Å². The number of nitrogens with one attached hydrogen (secondary N) is 1. The highest BCUT2D eigenvalue weighted by Gasteiger charge is 2.28. The fraction of sp³-hybridized carbons (Fsp3) is 0.294. The first-order chi connectivity index (χ1) is 12.4. The van der Waals surface area contributed by atoms with Gasteiger partial charge in [0.25, 0.3) is 0 Å². The van der Waals surface area contributed by atoms with E-state index < -0.39 is 28.3 Å². The summed E-state index contributed by atoms with van der Waals surface area (Å²) in [6, 6.07) is 6.75. The number of rotatable bonds is 8. The van der Waals surface area contributed by atoms with Crippen LogP contribution >= 0.6 is 0 Å². The van der Waals surface area contributed by atoms with Crippen molar-refractivity contribution in [2.45, 2.75) is 18.4 Å². The van der Waals surface area contributed by atoms with Gasteiger partial charge in [0.05, 0.1) is 13.7 Å². The van der Waals surface area contributed by atoms with E-state index in [1.807, 2.05) is 0 Å². The van der Waals surface area contributed by atoms with Gasteiger partial charge in [-0.25, -0.2) is 12.8 Å². The molecule has 0 fully saturated rings. The van der Waals surface area contributed by atoms with Crippen molar-refractivity contribution in [1.29, 1.82) is 0 Å². The number of hydrogen-bond donors (Lipinski definition) is 1. The number of aromatic nitrogens is 1. The number of sulfonamides is 1. The summed E-state index contributed by atoms with van der Waals surface area (Å²) >= 11 is 0. The first-order valence-electron chi connectivity index (χ1n) is 7.87. The van der Waals surface area contributed by atoms with Crippen molar-refractivity contribution >= 4 is 15.9 Å². The third kappa shape index (κ3) is 4.77. The Labute approximate surface area is 151 Å². The van der Waals surface area contributed by atoms with Gasteiger partial charge in [0.15, 0.2) is 0 Å². The van der Waals surface area contributed by atoms with Gasteiger partial charge in [0.1, 0.15) is 16.5 Å². The fourth-order valence-electron chi connectivity index (χ4n) is 2.28. The molecule has 9 heteroatoms. The molecule has 0 bridgehead atoms. The maximum Gasteiger partial charge on any atom is 0.247 e. The summed E-state index contributed by atoms with van der Waals surface area (Å²) in [4.78, 5) is 15.8. The zero-order valence-corrected chi connectivity index (χ0v) is 15.3. The van der Waals surface area contributed by atoms with Gasteiger partial charge < -0.3 is 10.1 Å². The number of amides is 1. The second kappa shape index (κ2) is 8.72. The first-order valence-corrected chi connectivity index (χ1v) is 9.31. The number of hydrogen-bond acceptors (Lipinski definition) is 5. The Kier molecular flexibility index (Phi) is 6.64. The molecule has 1 aromatic carbocycles. The third-order valence-electron chi connectivity index (χ3n) is 3.63. The lowest BCUT2D eigenvalue weighted by Crippen LogP contribution is -2.40. The molecule has 0 spiro atoms. The van der Waals surface area contributed by atoms with Gasteiger partial charge in [-0.05, 0) is 29.8 Å². The van der Waals surface area contributed by atoms with Crippen LogP contribution in [0.4, 0.5) is 4.39 Å². The Morgan fingerprint density at radius 1 is 1.35 bits per heavy atom. The van der Waals surface area contributed by atoms with Crippen LogP contribution in [0.25, 0.3) is 0 Å². The molecule has 0 saturated heterocycles. The van der Waals surface area contributed by atoms with Crippen molar-refractivity contribution in [2.24, 2.45) is 0 Å². The minimum absolute atomic E-state index is 0.0145. The Morgan fingerprint density at radius 2 is 2.12 bits per heavy atom. The molecule has 0 saturated carbocycles. The molecule has 26 heavy (non-hydrogen) atoms. The Balaban J connectivity index is 2.14. The van der Waals surface area contributed by atoms with Crippen molar-refractivity contribution in [3.8, 4) is 5.75 Å². The predicted octanol–water partition coefficient (Wildman–Crippen LogP) is 1.56. The normalized spacial score (nSPS) is 11.4. The summed E-state index contributed by atoms with van der Waals surface area (Å²) in [5.41, 5.74) is 0.790. The molecule has 0 aliphatic heterocycles. The number of halogens is 1. The van der Waals surface area contributed by atoms with Crippen LogP contribution in [0.5, 0.6) is 5.75 Å². The first kappa shape index (κ1) is 19.8.